The quantitative estimate of drug-likeness (QED) is 0.373. The molecule has 1 fully saturated rings. The third-order valence-electron chi connectivity index (χ3n) is 2.28. The summed E-state index contributed by atoms with van der Waals surface area (Å²) in [7, 11) is 0. The first-order chi connectivity index (χ1) is 6.08. The van der Waals surface area contributed by atoms with Crippen molar-refractivity contribution in [1.82, 2.24) is 0 Å². The van der Waals surface area contributed by atoms with Crippen molar-refractivity contribution in [2.24, 2.45) is 5.41 Å². The molecule has 0 unspecified atom stereocenters. The topological polar surface area (TPSA) is 35.5 Å². The van der Waals surface area contributed by atoms with Crippen LogP contribution < -0.4 is 0 Å². The first-order valence-electron chi connectivity index (χ1n) is 4.57. The van der Waals surface area contributed by atoms with Crippen molar-refractivity contribution in [2.75, 3.05) is 13.2 Å². The van der Waals surface area contributed by atoms with Gasteiger partial charge in [-0.3, -0.25) is 0 Å². The molecule has 13 heavy (non-hydrogen) atoms. The largest absolute Gasteiger partial charge is 0.501 e. The molecule has 1 aliphatic rings. The number of rotatable bonds is 2. The molecule has 1 saturated heterocycles. The highest BCUT2D eigenvalue weighted by atomic mass is 16.5. The second-order valence-corrected chi connectivity index (χ2v) is 3.76. The van der Waals surface area contributed by atoms with Crippen LogP contribution in [0, 0.1) is 5.41 Å². The molecule has 0 aromatic carbocycles. The van der Waals surface area contributed by atoms with E-state index in [9.17, 15) is 4.79 Å². The predicted octanol–water partition coefficient (Wildman–Crippen LogP) is 1.88. The molecule has 0 atom stereocenters. The monoisotopic (exact) mass is 184 g/mol. The van der Waals surface area contributed by atoms with Crippen LogP contribution in [0.3, 0.4) is 0 Å². The van der Waals surface area contributed by atoms with Gasteiger partial charge in [0.1, 0.15) is 0 Å². The number of ether oxygens (including phenoxy) is 2. The molecule has 3 nitrogen and oxygen atoms in total. The molecule has 0 aromatic heterocycles. The van der Waals surface area contributed by atoms with E-state index in [-0.39, 0.29) is 11.4 Å². The van der Waals surface area contributed by atoms with Crippen LogP contribution in [0.4, 0.5) is 0 Å². The van der Waals surface area contributed by atoms with Crippen LogP contribution in [-0.2, 0) is 14.3 Å². The van der Waals surface area contributed by atoms with Gasteiger partial charge in [0.15, 0.2) is 0 Å². The zero-order chi connectivity index (χ0) is 9.90. The van der Waals surface area contributed by atoms with E-state index in [1.807, 2.05) is 20.8 Å². The van der Waals surface area contributed by atoms with Crippen molar-refractivity contribution in [3.63, 3.8) is 0 Å². The summed E-state index contributed by atoms with van der Waals surface area (Å²) in [5.74, 6) is -0.246. The predicted molar refractivity (Wildman–Crippen MR) is 49.1 cm³/mol. The molecule has 0 bridgehead atoms. The Balaban J connectivity index is 2.80. The maximum atomic E-state index is 11.3. The van der Waals surface area contributed by atoms with Gasteiger partial charge in [-0.1, -0.05) is 13.8 Å². The number of hydrogen-bond acceptors (Lipinski definition) is 3. The van der Waals surface area contributed by atoms with Gasteiger partial charge in [0.2, 0.25) is 0 Å². The normalized spacial score (nSPS) is 24.2. The van der Waals surface area contributed by atoms with Gasteiger partial charge in [0.25, 0.3) is 0 Å². The number of carbonyl (C=O) groups excluding carboxylic acids is 1. The average Bonchev–Trinajstić information content (AvgIpc) is 2.02. The number of cyclic esters (lactones) is 1. The van der Waals surface area contributed by atoms with Crippen molar-refractivity contribution in [2.45, 2.75) is 27.2 Å². The Hall–Kier alpha value is -0.990. The molecule has 3 heteroatoms. The van der Waals surface area contributed by atoms with Crippen molar-refractivity contribution >= 4 is 5.97 Å². The minimum absolute atomic E-state index is 0.121. The van der Waals surface area contributed by atoms with Gasteiger partial charge in [0, 0.05) is 5.41 Å². The Kier molecular flexibility index (Phi) is 2.96. The maximum absolute atomic E-state index is 11.3. The molecular weight excluding hydrogens is 168 g/mol. The third-order valence-corrected chi connectivity index (χ3v) is 2.28. The smallest absolute Gasteiger partial charge is 0.337 e. The van der Waals surface area contributed by atoms with Crippen molar-refractivity contribution < 1.29 is 14.3 Å². The Morgan fingerprint density at radius 3 is 2.85 bits per heavy atom. The van der Waals surface area contributed by atoms with E-state index in [2.05, 4.69) is 0 Å². The number of esters is 1. The first kappa shape index (κ1) is 10.1. The Labute approximate surface area is 78.7 Å². The van der Waals surface area contributed by atoms with E-state index in [1.165, 1.54) is 6.26 Å². The van der Waals surface area contributed by atoms with Gasteiger partial charge in [-0.25, -0.2) is 4.79 Å². The van der Waals surface area contributed by atoms with E-state index < -0.39 is 0 Å². The Morgan fingerprint density at radius 1 is 1.62 bits per heavy atom. The lowest BCUT2D eigenvalue weighted by molar-refractivity contribution is -0.144. The van der Waals surface area contributed by atoms with Crippen LogP contribution in [0.5, 0.6) is 0 Å². The zero-order valence-corrected chi connectivity index (χ0v) is 8.42. The molecule has 74 valence electrons. The highest BCUT2D eigenvalue weighted by Crippen LogP contribution is 2.34. The maximum Gasteiger partial charge on any atom is 0.337 e. The van der Waals surface area contributed by atoms with Gasteiger partial charge in [-0.2, -0.15) is 0 Å². The fourth-order valence-electron chi connectivity index (χ4n) is 1.26. The molecule has 0 radical (unpaired) electrons. The molecule has 0 aliphatic carbocycles. The SMILES string of the molecule is CCOC=C1C(=O)OCCC1(C)C. The van der Waals surface area contributed by atoms with Crippen molar-refractivity contribution in [3.8, 4) is 0 Å². The summed E-state index contributed by atoms with van der Waals surface area (Å²) in [6, 6.07) is 0. The number of carbonyl (C=O) groups is 1. The molecule has 0 N–H and O–H groups in total. The first-order valence-corrected chi connectivity index (χ1v) is 4.57. The Morgan fingerprint density at radius 2 is 2.31 bits per heavy atom. The standard InChI is InChI=1S/C10H16O3/c1-4-12-7-8-9(11)13-6-5-10(8,2)3/h7H,4-6H2,1-3H3. The van der Waals surface area contributed by atoms with Gasteiger partial charge >= 0.3 is 5.97 Å². The third kappa shape index (κ3) is 2.23. The van der Waals surface area contributed by atoms with E-state index in [4.69, 9.17) is 9.47 Å². The minimum atomic E-state index is -0.246. The summed E-state index contributed by atoms with van der Waals surface area (Å²) in [6.45, 7) is 7.02. The van der Waals surface area contributed by atoms with Gasteiger partial charge in [0.05, 0.1) is 25.0 Å². The van der Waals surface area contributed by atoms with Crippen LogP contribution in [0.15, 0.2) is 11.8 Å². The molecule has 0 spiro atoms. The van der Waals surface area contributed by atoms with Gasteiger partial charge in [-0.05, 0) is 13.3 Å². The summed E-state index contributed by atoms with van der Waals surface area (Å²) in [6.07, 6.45) is 2.39. The molecule has 0 aromatic rings. The van der Waals surface area contributed by atoms with Crippen molar-refractivity contribution in [3.05, 3.63) is 11.8 Å². The van der Waals surface area contributed by atoms with E-state index in [1.54, 1.807) is 0 Å². The summed E-state index contributed by atoms with van der Waals surface area (Å²) < 4.78 is 10.1. The second-order valence-electron chi connectivity index (χ2n) is 3.76. The van der Waals surface area contributed by atoms with E-state index in [0.717, 1.165) is 6.42 Å². The second kappa shape index (κ2) is 3.81. The van der Waals surface area contributed by atoms with Crippen LogP contribution in [0.25, 0.3) is 0 Å². The van der Waals surface area contributed by atoms with Gasteiger partial charge in [-0.15, -0.1) is 0 Å². The van der Waals surface area contributed by atoms with Crippen LogP contribution >= 0.6 is 0 Å². The fraction of sp³-hybridized carbons (Fsp3) is 0.700. The van der Waals surface area contributed by atoms with Crippen molar-refractivity contribution in [1.29, 1.82) is 0 Å². The summed E-state index contributed by atoms with van der Waals surface area (Å²) in [5, 5.41) is 0. The molecular formula is C10H16O3. The lowest BCUT2D eigenvalue weighted by atomic mass is 9.80. The molecule has 1 rings (SSSR count). The Bertz CT molecular complexity index is 228. The van der Waals surface area contributed by atoms with Crippen LogP contribution in [0.2, 0.25) is 0 Å². The zero-order valence-electron chi connectivity index (χ0n) is 8.42. The molecule has 0 saturated carbocycles. The van der Waals surface area contributed by atoms with E-state index in [0.29, 0.717) is 18.8 Å². The molecule has 1 aliphatic heterocycles. The molecule has 0 amide bonds. The lowest BCUT2D eigenvalue weighted by Gasteiger charge is -2.30. The highest BCUT2D eigenvalue weighted by molar-refractivity contribution is 5.90. The van der Waals surface area contributed by atoms with Gasteiger partial charge < -0.3 is 9.47 Å². The summed E-state index contributed by atoms with van der Waals surface area (Å²) in [4.78, 5) is 11.3. The van der Waals surface area contributed by atoms with E-state index >= 15 is 0 Å². The fourth-order valence-corrected chi connectivity index (χ4v) is 1.26. The summed E-state index contributed by atoms with van der Waals surface area (Å²) in [5.41, 5.74) is 0.519. The van der Waals surface area contributed by atoms with Crippen LogP contribution in [-0.4, -0.2) is 19.2 Å². The minimum Gasteiger partial charge on any atom is -0.501 e. The average molecular weight is 184 g/mol. The summed E-state index contributed by atoms with van der Waals surface area (Å²) >= 11 is 0. The lowest BCUT2D eigenvalue weighted by Crippen LogP contribution is -2.31. The molecule has 1 heterocycles. The number of hydrogen-bond donors (Lipinski definition) is 0. The van der Waals surface area contributed by atoms with Crippen LogP contribution in [0.1, 0.15) is 27.2 Å². The highest BCUT2D eigenvalue weighted by Gasteiger charge is 2.34.